The van der Waals surface area contributed by atoms with Crippen LogP contribution in [0.1, 0.15) is 25.3 Å². The maximum absolute atomic E-state index is 13.3. The molecular formula is C15H20FNO2. The lowest BCUT2D eigenvalue weighted by Crippen LogP contribution is -2.39. The standard InChI is InChI=1S/C15H20FNO2/c1-11-4-3-7-17(10-11)15(18)9-12-8-13(16)5-6-14(12)19-2/h5-6,8,11H,3-4,7,9-10H2,1-2H3. The number of hydrogen-bond acceptors (Lipinski definition) is 2. The van der Waals surface area contributed by atoms with Crippen molar-refractivity contribution in [3.05, 3.63) is 29.6 Å². The number of amides is 1. The molecule has 1 fully saturated rings. The molecule has 0 aliphatic carbocycles. The fourth-order valence-electron chi connectivity index (χ4n) is 2.58. The van der Waals surface area contributed by atoms with Gasteiger partial charge in [-0.25, -0.2) is 4.39 Å². The van der Waals surface area contributed by atoms with Gasteiger partial charge in [0.15, 0.2) is 0 Å². The first kappa shape index (κ1) is 13.8. The minimum absolute atomic E-state index is 0.0513. The lowest BCUT2D eigenvalue weighted by atomic mass is 9.99. The Bertz CT molecular complexity index is 461. The maximum Gasteiger partial charge on any atom is 0.227 e. The molecule has 1 aliphatic rings. The number of benzene rings is 1. The van der Waals surface area contributed by atoms with E-state index in [1.165, 1.54) is 25.7 Å². The highest BCUT2D eigenvalue weighted by molar-refractivity contribution is 5.79. The number of nitrogens with zero attached hydrogens (tertiary/aromatic N) is 1. The molecule has 3 nitrogen and oxygen atoms in total. The van der Waals surface area contributed by atoms with Crippen molar-refractivity contribution >= 4 is 5.91 Å². The third-order valence-electron chi connectivity index (χ3n) is 3.59. The van der Waals surface area contributed by atoms with Crippen LogP contribution in [0.15, 0.2) is 18.2 Å². The molecule has 1 aliphatic heterocycles. The number of ether oxygens (including phenoxy) is 1. The second kappa shape index (κ2) is 6.04. The Morgan fingerprint density at radius 3 is 3.00 bits per heavy atom. The van der Waals surface area contributed by atoms with Gasteiger partial charge in [0, 0.05) is 18.7 Å². The Balaban J connectivity index is 2.07. The van der Waals surface area contributed by atoms with E-state index >= 15 is 0 Å². The molecule has 19 heavy (non-hydrogen) atoms. The Labute approximate surface area is 113 Å². The summed E-state index contributed by atoms with van der Waals surface area (Å²) in [7, 11) is 1.53. The highest BCUT2D eigenvalue weighted by Crippen LogP contribution is 2.22. The monoisotopic (exact) mass is 265 g/mol. The van der Waals surface area contributed by atoms with Crippen molar-refractivity contribution in [1.82, 2.24) is 4.90 Å². The van der Waals surface area contributed by atoms with Crippen LogP contribution in [-0.2, 0) is 11.2 Å². The Morgan fingerprint density at radius 2 is 2.32 bits per heavy atom. The number of piperidine rings is 1. The van der Waals surface area contributed by atoms with Gasteiger partial charge in [-0.2, -0.15) is 0 Å². The van der Waals surface area contributed by atoms with Crippen molar-refractivity contribution in [3.8, 4) is 5.75 Å². The Kier molecular flexibility index (Phi) is 4.40. The van der Waals surface area contributed by atoms with Crippen LogP contribution in [0.4, 0.5) is 4.39 Å². The predicted octanol–water partition coefficient (Wildman–Crippen LogP) is 2.64. The van der Waals surface area contributed by atoms with Crippen LogP contribution in [0.3, 0.4) is 0 Å². The largest absolute Gasteiger partial charge is 0.496 e. The van der Waals surface area contributed by atoms with Crippen LogP contribution in [0.25, 0.3) is 0 Å². The fraction of sp³-hybridized carbons (Fsp3) is 0.533. The molecular weight excluding hydrogens is 245 g/mol. The first-order valence-corrected chi connectivity index (χ1v) is 6.70. The molecule has 1 unspecified atom stereocenters. The minimum atomic E-state index is -0.337. The number of halogens is 1. The molecule has 1 heterocycles. The summed E-state index contributed by atoms with van der Waals surface area (Å²) >= 11 is 0. The third-order valence-corrected chi connectivity index (χ3v) is 3.59. The molecule has 1 aromatic carbocycles. The number of methoxy groups -OCH3 is 1. The van der Waals surface area contributed by atoms with Crippen LogP contribution >= 0.6 is 0 Å². The molecule has 1 aromatic rings. The van der Waals surface area contributed by atoms with E-state index in [0.29, 0.717) is 17.2 Å². The van der Waals surface area contributed by atoms with Crippen molar-refractivity contribution in [2.45, 2.75) is 26.2 Å². The topological polar surface area (TPSA) is 29.5 Å². The molecule has 1 amide bonds. The Hall–Kier alpha value is -1.58. The van der Waals surface area contributed by atoms with Gasteiger partial charge in [0.25, 0.3) is 0 Å². The zero-order valence-electron chi connectivity index (χ0n) is 11.5. The lowest BCUT2D eigenvalue weighted by molar-refractivity contribution is -0.132. The molecule has 0 saturated carbocycles. The van der Waals surface area contributed by atoms with Crippen molar-refractivity contribution < 1.29 is 13.9 Å². The summed E-state index contributed by atoms with van der Waals surface area (Å²) in [6, 6.07) is 4.29. The van der Waals surface area contributed by atoms with Crippen molar-refractivity contribution in [1.29, 1.82) is 0 Å². The van der Waals surface area contributed by atoms with Crippen LogP contribution < -0.4 is 4.74 Å². The van der Waals surface area contributed by atoms with E-state index in [0.717, 1.165) is 19.5 Å². The smallest absolute Gasteiger partial charge is 0.227 e. The van der Waals surface area contributed by atoms with Crippen LogP contribution in [0, 0.1) is 11.7 Å². The second-order valence-electron chi connectivity index (χ2n) is 5.22. The van der Waals surface area contributed by atoms with Gasteiger partial charge in [-0.3, -0.25) is 4.79 Å². The number of rotatable bonds is 3. The normalized spacial score (nSPS) is 19.3. The molecule has 1 saturated heterocycles. The van der Waals surface area contributed by atoms with Gasteiger partial charge >= 0.3 is 0 Å². The van der Waals surface area contributed by atoms with Gasteiger partial charge in [0.1, 0.15) is 11.6 Å². The van der Waals surface area contributed by atoms with E-state index in [1.54, 1.807) is 6.07 Å². The molecule has 104 valence electrons. The van der Waals surface area contributed by atoms with E-state index in [1.807, 2.05) is 4.90 Å². The number of likely N-dealkylation sites (tertiary alicyclic amines) is 1. The molecule has 0 N–H and O–H groups in total. The highest BCUT2D eigenvalue weighted by atomic mass is 19.1. The van der Waals surface area contributed by atoms with Gasteiger partial charge < -0.3 is 9.64 Å². The molecule has 1 atom stereocenters. The Morgan fingerprint density at radius 1 is 1.53 bits per heavy atom. The van der Waals surface area contributed by atoms with Crippen LogP contribution in [0.5, 0.6) is 5.75 Å². The molecule has 4 heteroatoms. The van der Waals surface area contributed by atoms with Crippen molar-refractivity contribution in [2.24, 2.45) is 5.92 Å². The molecule has 2 rings (SSSR count). The summed E-state index contributed by atoms with van der Waals surface area (Å²) in [5.74, 6) is 0.831. The highest BCUT2D eigenvalue weighted by Gasteiger charge is 2.22. The van der Waals surface area contributed by atoms with E-state index in [9.17, 15) is 9.18 Å². The third kappa shape index (κ3) is 3.46. The average molecular weight is 265 g/mol. The van der Waals surface area contributed by atoms with Gasteiger partial charge in [0.05, 0.1) is 13.5 Å². The van der Waals surface area contributed by atoms with E-state index in [2.05, 4.69) is 6.92 Å². The zero-order valence-corrected chi connectivity index (χ0v) is 11.5. The number of carbonyl (C=O) groups is 1. The fourth-order valence-corrected chi connectivity index (χ4v) is 2.58. The number of carbonyl (C=O) groups excluding carboxylic acids is 1. The first-order valence-electron chi connectivity index (χ1n) is 6.70. The summed E-state index contributed by atoms with van der Waals surface area (Å²) in [5, 5.41) is 0. The summed E-state index contributed by atoms with van der Waals surface area (Å²) < 4.78 is 18.4. The predicted molar refractivity (Wildman–Crippen MR) is 71.6 cm³/mol. The van der Waals surface area contributed by atoms with Crippen LogP contribution in [-0.4, -0.2) is 31.0 Å². The van der Waals surface area contributed by atoms with Gasteiger partial charge in [-0.1, -0.05) is 6.92 Å². The quantitative estimate of drug-likeness (QED) is 0.841. The number of hydrogen-bond donors (Lipinski definition) is 0. The lowest BCUT2D eigenvalue weighted by Gasteiger charge is -2.31. The van der Waals surface area contributed by atoms with E-state index < -0.39 is 0 Å². The zero-order chi connectivity index (χ0) is 13.8. The first-order chi connectivity index (χ1) is 9.10. The molecule has 0 aromatic heterocycles. The molecule has 0 bridgehead atoms. The maximum atomic E-state index is 13.3. The van der Waals surface area contributed by atoms with Crippen molar-refractivity contribution in [2.75, 3.05) is 20.2 Å². The SMILES string of the molecule is COc1ccc(F)cc1CC(=O)N1CCCC(C)C1. The summed E-state index contributed by atoms with van der Waals surface area (Å²) in [5.41, 5.74) is 0.616. The van der Waals surface area contributed by atoms with Crippen LogP contribution in [0.2, 0.25) is 0 Å². The van der Waals surface area contributed by atoms with Gasteiger partial charge in [-0.15, -0.1) is 0 Å². The second-order valence-corrected chi connectivity index (χ2v) is 5.22. The van der Waals surface area contributed by atoms with Crippen molar-refractivity contribution in [3.63, 3.8) is 0 Å². The van der Waals surface area contributed by atoms with E-state index in [-0.39, 0.29) is 18.1 Å². The summed E-state index contributed by atoms with van der Waals surface area (Å²) in [6.07, 6.45) is 2.42. The summed E-state index contributed by atoms with van der Waals surface area (Å²) in [4.78, 5) is 14.1. The summed E-state index contributed by atoms with van der Waals surface area (Å²) in [6.45, 7) is 3.76. The molecule has 0 radical (unpaired) electrons. The van der Waals surface area contributed by atoms with Gasteiger partial charge in [0.2, 0.25) is 5.91 Å². The minimum Gasteiger partial charge on any atom is -0.496 e. The van der Waals surface area contributed by atoms with E-state index in [4.69, 9.17) is 4.74 Å². The molecule has 0 spiro atoms. The average Bonchev–Trinajstić information content (AvgIpc) is 2.39. The van der Waals surface area contributed by atoms with Gasteiger partial charge in [-0.05, 0) is 37.0 Å².